The van der Waals surface area contributed by atoms with Crippen LogP contribution in [0.5, 0.6) is 0 Å². The van der Waals surface area contributed by atoms with E-state index in [9.17, 15) is 0 Å². The maximum atomic E-state index is 3.67. The molecule has 0 spiro atoms. The average molecular weight is 237 g/mol. The quantitative estimate of drug-likeness (QED) is 0.840. The zero-order valence-electron chi connectivity index (χ0n) is 10.5. The monoisotopic (exact) mass is 237 g/mol. The van der Waals surface area contributed by atoms with E-state index in [0.717, 1.165) is 12.0 Å². The minimum Gasteiger partial charge on any atom is -0.314 e. The normalized spacial score (nSPS) is 25.9. The van der Waals surface area contributed by atoms with Crippen LogP contribution in [0.2, 0.25) is 0 Å². The van der Waals surface area contributed by atoms with Crippen molar-refractivity contribution in [3.63, 3.8) is 0 Å². The molecule has 1 aliphatic rings. The Morgan fingerprint density at radius 2 is 2.38 bits per heavy atom. The lowest BCUT2D eigenvalue weighted by Crippen LogP contribution is -2.38. The Morgan fingerprint density at radius 3 is 3.06 bits per heavy atom. The van der Waals surface area contributed by atoms with Crippen molar-refractivity contribution in [3.8, 4) is 0 Å². The molecule has 16 heavy (non-hydrogen) atoms. The van der Waals surface area contributed by atoms with Gasteiger partial charge in [0.2, 0.25) is 0 Å². The van der Waals surface area contributed by atoms with Crippen LogP contribution in [0.1, 0.15) is 43.0 Å². The molecule has 1 aliphatic heterocycles. The van der Waals surface area contributed by atoms with Gasteiger partial charge in [-0.1, -0.05) is 13.3 Å². The van der Waals surface area contributed by atoms with Gasteiger partial charge in [0.05, 0.1) is 0 Å². The van der Waals surface area contributed by atoms with Crippen molar-refractivity contribution in [2.45, 2.75) is 52.0 Å². The largest absolute Gasteiger partial charge is 0.314 e. The molecule has 0 radical (unpaired) electrons. The number of rotatable bonds is 4. The van der Waals surface area contributed by atoms with Gasteiger partial charge in [-0.3, -0.25) is 0 Å². The molecule has 2 heterocycles. The van der Waals surface area contributed by atoms with Crippen LogP contribution >= 0.6 is 11.3 Å². The number of hydrogen-bond donors (Lipinski definition) is 1. The summed E-state index contributed by atoms with van der Waals surface area (Å²) in [5.41, 5.74) is 1.48. The van der Waals surface area contributed by atoms with E-state index in [1.807, 2.05) is 11.3 Å². The van der Waals surface area contributed by atoms with Crippen LogP contribution in [0.3, 0.4) is 0 Å². The van der Waals surface area contributed by atoms with Crippen LogP contribution in [-0.2, 0) is 6.42 Å². The number of nitrogens with one attached hydrogen (secondary N) is 1. The van der Waals surface area contributed by atoms with Crippen molar-refractivity contribution < 1.29 is 0 Å². The lowest BCUT2D eigenvalue weighted by Gasteiger charge is -2.29. The highest BCUT2D eigenvalue weighted by Crippen LogP contribution is 2.24. The van der Waals surface area contributed by atoms with E-state index >= 15 is 0 Å². The molecule has 2 heteroatoms. The van der Waals surface area contributed by atoms with Gasteiger partial charge in [-0.2, -0.15) is 0 Å². The summed E-state index contributed by atoms with van der Waals surface area (Å²) in [6.45, 7) is 5.79. The van der Waals surface area contributed by atoms with Gasteiger partial charge in [0.15, 0.2) is 0 Å². The molecule has 2 rings (SSSR count). The van der Waals surface area contributed by atoms with Crippen molar-refractivity contribution in [1.29, 1.82) is 0 Å². The highest BCUT2D eigenvalue weighted by atomic mass is 32.1. The molecule has 1 nitrogen and oxygen atoms in total. The molecule has 1 saturated heterocycles. The summed E-state index contributed by atoms with van der Waals surface area (Å²) >= 11 is 1.92. The first-order valence-corrected chi connectivity index (χ1v) is 7.44. The first kappa shape index (κ1) is 12.1. The van der Waals surface area contributed by atoms with Gasteiger partial charge >= 0.3 is 0 Å². The fourth-order valence-corrected chi connectivity index (χ4v) is 3.58. The Kier molecular flexibility index (Phi) is 4.42. The smallest absolute Gasteiger partial charge is 0.00749 e. The molecule has 0 saturated carbocycles. The van der Waals surface area contributed by atoms with Gasteiger partial charge in [0.1, 0.15) is 0 Å². The predicted molar refractivity (Wildman–Crippen MR) is 72.2 cm³/mol. The fraction of sp³-hybridized carbons (Fsp3) is 0.714. The summed E-state index contributed by atoms with van der Waals surface area (Å²) in [6, 6.07) is 3.00. The van der Waals surface area contributed by atoms with Crippen LogP contribution in [0.4, 0.5) is 0 Å². The predicted octanol–water partition coefficient (Wildman–Crippen LogP) is 3.77. The molecule has 0 aliphatic carbocycles. The lowest BCUT2D eigenvalue weighted by atomic mass is 9.88. The van der Waals surface area contributed by atoms with E-state index in [1.165, 1.54) is 44.2 Å². The Bertz CT molecular complexity index is 318. The molecule has 0 bridgehead atoms. The first-order chi connectivity index (χ1) is 7.79. The lowest BCUT2D eigenvalue weighted by molar-refractivity contribution is 0.285. The first-order valence-electron chi connectivity index (χ1n) is 6.56. The number of thiophene rings is 1. The summed E-state index contributed by atoms with van der Waals surface area (Å²) in [5, 5.41) is 5.89. The molecular formula is C14H23NS. The van der Waals surface area contributed by atoms with E-state index in [-0.39, 0.29) is 0 Å². The molecule has 90 valence electrons. The fourth-order valence-electron chi connectivity index (χ4n) is 2.65. The minimum atomic E-state index is 0.764. The third kappa shape index (κ3) is 3.08. The Balaban J connectivity index is 1.79. The van der Waals surface area contributed by atoms with E-state index in [4.69, 9.17) is 0 Å². The zero-order chi connectivity index (χ0) is 11.4. The molecule has 1 aromatic heterocycles. The maximum absolute atomic E-state index is 3.67. The Morgan fingerprint density at radius 1 is 1.50 bits per heavy atom. The van der Waals surface area contributed by atoms with E-state index in [2.05, 4.69) is 30.6 Å². The van der Waals surface area contributed by atoms with E-state index in [0.29, 0.717) is 0 Å². The topological polar surface area (TPSA) is 12.0 Å². The molecule has 1 aromatic rings. The summed E-state index contributed by atoms with van der Waals surface area (Å²) in [5.74, 6) is 0.968. The van der Waals surface area contributed by atoms with Crippen molar-refractivity contribution in [3.05, 3.63) is 21.9 Å². The second-order valence-electron chi connectivity index (χ2n) is 5.02. The summed E-state index contributed by atoms with van der Waals surface area (Å²) in [6.07, 6.45) is 6.71. The summed E-state index contributed by atoms with van der Waals surface area (Å²) in [7, 11) is 0. The Labute approximate surface area is 103 Å². The van der Waals surface area contributed by atoms with Crippen molar-refractivity contribution in [2.24, 2.45) is 5.92 Å². The standard InChI is InChI=1S/C14H23NS/c1-3-12-6-8-15-13(10-12)4-5-14-11(2)7-9-16-14/h7,9,12-13,15H,3-6,8,10H2,1-2H3. The third-order valence-corrected chi connectivity index (χ3v) is 4.95. The third-order valence-electron chi connectivity index (χ3n) is 3.87. The summed E-state index contributed by atoms with van der Waals surface area (Å²) in [4.78, 5) is 1.58. The van der Waals surface area contributed by atoms with Crippen LogP contribution in [0.15, 0.2) is 11.4 Å². The molecule has 0 aromatic carbocycles. The van der Waals surface area contributed by atoms with E-state index in [1.54, 1.807) is 4.88 Å². The number of piperidine rings is 1. The van der Waals surface area contributed by atoms with Crippen LogP contribution < -0.4 is 5.32 Å². The van der Waals surface area contributed by atoms with Crippen molar-refractivity contribution >= 4 is 11.3 Å². The van der Waals surface area contributed by atoms with Gasteiger partial charge in [-0.25, -0.2) is 0 Å². The van der Waals surface area contributed by atoms with Crippen molar-refractivity contribution in [1.82, 2.24) is 5.32 Å². The SMILES string of the molecule is CCC1CCNC(CCc2sccc2C)C1. The van der Waals surface area contributed by atoms with Gasteiger partial charge < -0.3 is 5.32 Å². The van der Waals surface area contributed by atoms with Crippen molar-refractivity contribution in [2.75, 3.05) is 6.54 Å². The average Bonchev–Trinajstić information content (AvgIpc) is 2.72. The van der Waals surface area contributed by atoms with Gasteiger partial charge in [-0.05, 0) is 62.1 Å². The molecule has 1 fully saturated rings. The van der Waals surface area contributed by atoms with Gasteiger partial charge in [-0.15, -0.1) is 11.3 Å². The molecule has 2 unspecified atom stereocenters. The van der Waals surface area contributed by atoms with Crippen LogP contribution in [0, 0.1) is 12.8 Å². The molecule has 0 amide bonds. The second kappa shape index (κ2) is 5.83. The molecule has 2 atom stereocenters. The molecule has 1 N–H and O–H groups in total. The minimum absolute atomic E-state index is 0.764. The summed E-state index contributed by atoms with van der Waals surface area (Å²) < 4.78 is 0. The zero-order valence-corrected chi connectivity index (χ0v) is 11.3. The number of aryl methyl sites for hydroxylation is 2. The van der Waals surface area contributed by atoms with Crippen LogP contribution in [0.25, 0.3) is 0 Å². The second-order valence-corrected chi connectivity index (χ2v) is 6.02. The van der Waals surface area contributed by atoms with Gasteiger partial charge in [0.25, 0.3) is 0 Å². The molecular weight excluding hydrogens is 214 g/mol. The Hall–Kier alpha value is -0.340. The highest BCUT2D eigenvalue weighted by molar-refractivity contribution is 7.10. The van der Waals surface area contributed by atoms with E-state index < -0.39 is 0 Å². The van der Waals surface area contributed by atoms with Gasteiger partial charge in [0, 0.05) is 10.9 Å². The highest BCUT2D eigenvalue weighted by Gasteiger charge is 2.19. The van der Waals surface area contributed by atoms with Crippen LogP contribution in [-0.4, -0.2) is 12.6 Å². The maximum Gasteiger partial charge on any atom is 0.00749 e. The number of hydrogen-bond acceptors (Lipinski definition) is 2.